The fourth-order valence-electron chi connectivity index (χ4n) is 2.92. The summed E-state index contributed by atoms with van der Waals surface area (Å²) in [7, 11) is 0. The summed E-state index contributed by atoms with van der Waals surface area (Å²) in [4.78, 5) is 28.3. The molecule has 0 saturated carbocycles. The summed E-state index contributed by atoms with van der Waals surface area (Å²) in [5.41, 5.74) is 2.24. The Morgan fingerprint density at radius 2 is 1.89 bits per heavy atom. The molecule has 2 aromatic carbocycles. The van der Waals surface area contributed by atoms with Crippen molar-refractivity contribution in [3.63, 3.8) is 0 Å². The second-order valence-electron chi connectivity index (χ2n) is 6.42. The van der Waals surface area contributed by atoms with Gasteiger partial charge in [0.25, 0.3) is 0 Å². The number of hydrogen-bond acceptors (Lipinski definition) is 3. The first kappa shape index (κ1) is 20.3. The fourth-order valence-corrected chi connectivity index (χ4v) is 3.97. The minimum Gasteiger partial charge on any atom is -0.361 e. The lowest BCUT2D eigenvalue weighted by Gasteiger charge is -2.17. The van der Waals surface area contributed by atoms with Crippen molar-refractivity contribution in [2.75, 3.05) is 12.3 Å². The molecule has 7 heteroatoms. The Morgan fingerprint density at radius 3 is 2.64 bits per heavy atom. The van der Waals surface area contributed by atoms with Gasteiger partial charge in [-0.05, 0) is 42.3 Å². The van der Waals surface area contributed by atoms with E-state index >= 15 is 0 Å². The van der Waals surface area contributed by atoms with E-state index in [0.717, 1.165) is 21.4 Å². The monoisotopic (exact) mass is 415 g/mol. The molecule has 0 aliphatic heterocycles. The molecule has 2 amide bonds. The molecule has 3 aromatic rings. The third kappa shape index (κ3) is 5.53. The van der Waals surface area contributed by atoms with E-state index in [1.807, 2.05) is 36.5 Å². The molecule has 0 aliphatic carbocycles. The highest BCUT2D eigenvalue weighted by atomic mass is 35.5. The largest absolute Gasteiger partial charge is 0.361 e. The number of para-hydroxylation sites is 1. The van der Waals surface area contributed by atoms with Crippen molar-refractivity contribution in [1.82, 2.24) is 15.6 Å². The molecule has 28 heavy (non-hydrogen) atoms. The van der Waals surface area contributed by atoms with Crippen LogP contribution in [0.1, 0.15) is 12.5 Å². The molecule has 5 nitrogen and oxygen atoms in total. The van der Waals surface area contributed by atoms with Gasteiger partial charge in [0.15, 0.2) is 0 Å². The first-order chi connectivity index (χ1) is 13.5. The molecule has 1 aromatic heterocycles. The number of rotatable bonds is 8. The van der Waals surface area contributed by atoms with Crippen LogP contribution >= 0.6 is 23.4 Å². The van der Waals surface area contributed by atoms with E-state index in [2.05, 4.69) is 21.7 Å². The minimum absolute atomic E-state index is 0.184. The second kappa shape index (κ2) is 9.66. The summed E-state index contributed by atoms with van der Waals surface area (Å²) in [5.74, 6) is 0.0325. The van der Waals surface area contributed by atoms with Crippen LogP contribution in [0.15, 0.2) is 59.6 Å². The van der Waals surface area contributed by atoms with Crippen LogP contribution in [-0.4, -0.2) is 35.1 Å². The van der Waals surface area contributed by atoms with Gasteiger partial charge in [-0.15, -0.1) is 11.8 Å². The summed E-state index contributed by atoms with van der Waals surface area (Å²) in [6, 6.07) is 14.9. The van der Waals surface area contributed by atoms with E-state index in [9.17, 15) is 9.59 Å². The molecule has 1 heterocycles. The lowest BCUT2D eigenvalue weighted by atomic mass is 10.1. The average Bonchev–Trinajstić information content (AvgIpc) is 3.09. The van der Waals surface area contributed by atoms with Gasteiger partial charge >= 0.3 is 0 Å². The summed E-state index contributed by atoms with van der Waals surface area (Å²) in [5, 5.41) is 7.49. The molecule has 0 bridgehead atoms. The van der Waals surface area contributed by atoms with Crippen molar-refractivity contribution < 1.29 is 9.59 Å². The van der Waals surface area contributed by atoms with Crippen LogP contribution in [0.25, 0.3) is 10.9 Å². The quantitative estimate of drug-likeness (QED) is 0.490. The number of carbonyl (C=O) groups is 2. The Balaban J connectivity index is 1.54. The molecule has 146 valence electrons. The Morgan fingerprint density at radius 1 is 1.14 bits per heavy atom. The number of fused-ring (bicyclic) bond motifs is 1. The molecule has 1 atom stereocenters. The normalized spacial score (nSPS) is 11.9. The number of H-pyrrole nitrogens is 1. The van der Waals surface area contributed by atoms with Gasteiger partial charge in [-0.2, -0.15) is 0 Å². The molecule has 3 rings (SSSR count). The minimum atomic E-state index is -0.596. The van der Waals surface area contributed by atoms with Gasteiger partial charge in [0.1, 0.15) is 6.04 Å². The zero-order valence-electron chi connectivity index (χ0n) is 15.5. The number of thioether (sulfide) groups is 1. The van der Waals surface area contributed by atoms with Gasteiger partial charge in [0.2, 0.25) is 11.8 Å². The maximum atomic E-state index is 12.6. The van der Waals surface area contributed by atoms with Crippen molar-refractivity contribution in [1.29, 1.82) is 0 Å². The van der Waals surface area contributed by atoms with Crippen LogP contribution in [0.2, 0.25) is 5.02 Å². The van der Waals surface area contributed by atoms with E-state index in [1.165, 1.54) is 18.7 Å². The molecule has 0 saturated heterocycles. The number of amides is 2. The highest BCUT2D eigenvalue weighted by Crippen LogP contribution is 2.21. The van der Waals surface area contributed by atoms with Gasteiger partial charge in [0, 0.05) is 46.2 Å². The first-order valence-electron chi connectivity index (χ1n) is 9.01. The fraction of sp³-hybridized carbons (Fsp3) is 0.238. The van der Waals surface area contributed by atoms with Gasteiger partial charge in [-0.1, -0.05) is 29.8 Å². The van der Waals surface area contributed by atoms with Gasteiger partial charge < -0.3 is 15.6 Å². The summed E-state index contributed by atoms with van der Waals surface area (Å²) in [6.07, 6.45) is 2.69. The third-order valence-corrected chi connectivity index (χ3v) is 5.65. The summed E-state index contributed by atoms with van der Waals surface area (Å²) in [6.45, 7) is 1.92. The smallest absolute Gasteiger partial charge is 0.243 e. The molecule has 0 fully saturated rings. The maximum absolute atomic E-state index is 12.6. The number of aromatic amines is 1. The van der Waals surface area contributed by atoms with Crippen LogP contribution in [-0.2, 0) is 16.0 Å². The molecule has 0 radical (unpaired) electrons. The number of halogens is 1. The van der Waals surface area contributed by atoms with Crippen LogP contribution in [0.5, 0.6) is 0 Å². The van der Waals surface area contributed by atoms with Crippen LogP contribution < -0.4 is 10.6 Å². The molecular weight excluding hydrogens is 394 g/mol. The van der Waals surface area contributed by atoms with E-state index in [0.29, 0.717) is 23.7 Å². The van der Waals surface area contributed by atoms with Crippen molar-refractivity contribution >= 4 is 46.1 Å². The number of carbonyl (C=O) groups excluding carboxylic acids is 2. The number of hydrogen-bond donors (Lipinski definition) is 3. The first-order valence-corrected chi connectivity index (χ1v) is 10.4. The molecule has 3 N–H and O–H groups in total. The highest BCUT2D eigenvalue weighted by Gasteiger charge is 2.19. The molecule has 0 spiro atoms. The lowest BCUT2D eigenvalue weighted by Crippen LogP contribution is -2.48. The topological polar surface area (TPSA) is 74.0 Å². The number of aromatic nitrogens is 1. The van der Waals surface area contributed by atoms with Gasteiger partial charge in [0.05, 0.1) is 0 Å². The Kier molecular flexibility index (Phi) is 7.01. The highest BCUT2D eigenvalue weighted by molar-refractivity contribution is 7.99. The van der Waals surface area contributed by atoms with Crippen LogP contribution in [0, 0.1) is 0 Å². The molecule has 1 unspecified atom stereocenters. The Bertz CT molecular complexity index is 956. The van der Waals surface area contributed by atoms with E-state index in [-0.39, 0.29) is 11.8 Å². The Labute approximate surface area is 173 Å². The van der Waals surface area contributed by atoms with Crippen molar-refractivity contribution in [3.8, 4) is 0 Å². The SMILES string of the molecule is CC(=O)NC(CSc1ccc(Cl)cc1)C(=O)NCCc1c[nH]c2ccccc12. The third-order valence-electron chi connectivity index (χ3n) is 4.29. The van der Waals surface area contributed by atoms with E-state index in [4.69, 9.17) is 11.6 Å². The zero-order valence-corrected chi connectivity index (χ0v) is 17.1. The van der Waals surface area contributed by atoms with Crippen molar-refractivity contribution in [2.45, 2.75) is 24.3 Å². The average molecular weight is 416 g/mol. The Hall–Kier alpha value is -2.44. The predicted molar refractivity (Wildman–Crippen MR) is 115 cm³/mol. The second-order valence-corrected chi connectivity index (χ2v) is 7.95. The van der Waals surface area contributed by atoms with Crippen molar-refractivity contribution in [2.24, 2.45) is 0 Å². The zero-order chi connectivity index (χ0) is 19.9. The van der Waals surface area contributed by atoms with Crippen LogP contribution in [0.4, 0.5) is 0 Å². The van der Waals surface area contributed by atoms with Gasteiger partial charge in [-0.3, -0.25) is 9.59 Å². The van der Waals surface area contributed by atoms with Crippen LogP contribution in [0.3, 0.4) is 0 Å². The van der Waals surface area contributed by atoms with Crippen molar-refractivity contribution in [3.05, 3.63) is 65.3 Å². The number of nitrogens with one attached hydrogen (secondary N) is 3. The molecular formula is C21H22ClN3O2S. The number of benzene rings is 2. The maximum Gasteiger partial charge on any atom is 0.243 e. The summed E-state index contributed by atoms with van der Waals surface area (Å²) >= 11 is 7.40. The summed E-state index contributed by atoms with van der Waals surface area (Å²) < 4.78 is 0. The van der Waals surface area contributed by atoms with Gasteiger partial charge in [-0.25, -0.2) is 0 Å². The lowest BCUT2D eigenvalue weighted by molar-refractivity contribution is -0.127. The van der Waals surface area contributed by atoms with E-state index < -0.39 is 6.04 Å². The van der Waals surface area contributed by atoms with E-state index in [1.54, 1.807) is 12.1 Å². The molecule has 0 aliphatic rings. The predicted octanol–water partition coefficient (Wildman–Crippen LogP) is 3.78. The standard InChI is InChI=1S/C21H22ClN3O2S/c1-14(26)25-20(13-28-17-8-6-16(22)7-9-17)21(27)23-11-10-15-12-24-19-5-3-2-4-18(15)19/h2-9,12,20,24H,10-11,13H2,1H3,(H,23,27)(H,25,26).